The topological polar surface area (TPSA) is 84.5 Å². The van der Waals surface area contributed by atoms with Gasteiger partial charge < -0.3 is 10.1 Å². The Morgan fingerprint density at radius 3 is 2.42 bits per heavy atom. The minimum Gasteiger partial charge on any atom is -0.491 e. The molecule has 140 valence electrons. The van der Waals surface area contributed by atoms with E-state index >= 15 is 0 Å². The van der Waals surface area contributed by atoms with Gasteiger partial charge in [0.05, 0.1) is 17.5 Å². The molecule has 0 bridgehead atoms. The van der Waals surface area contributed by atoms with Crippen molar-refractivity contribution in [1.29, 1.82) is 0 Å². The van der Waals surface area contributed by atoms with Crippen molar-refractivity contribution in [3.05, 3.63) is 53.1 Å². The van der Waals surface area contributed by atoms with Crippen LogP contribution in [-0.4, -0.2) is 27.0 Å². The maximum absolute atomic E-state index is 12.3. The standard InChI is InChI=1S/C18H21ClN2O4S/c1-12(2)25-15-6-8-16(9-7-15)26(23,24)20-11-18(22)21-17-10-14(19)5-4-13(17)3/h4-10,12,20H,11H2,1-3H3,(H,21,22). The fourth-order valence-corrected chi connectivity index (χ4v) is 3.29. The van der Waals surface area contributed by atoms with Crippen LogP contribution in [-0.2, 0) is 14.8 Å². The van der Waals surface area contributed by atoms with E-state index in [9.17, 15) is 13.2 Å². The highest BCUT2D eigenvalue weighted by atomic mass is 35.5. The number of ether oxygens (including phenoxy) is 1. The molecule has 1 amide bonds. The van der Waals surface area contributed by atoms with Crippen molar-refractivity contribution in [2.75, 3.05) is 11.9 Å². The van der Waals surface area contributed by atoms with Crippen LogP contribution >= 0.6 is 11.6 Å². The fraction of sp³-hybridized carbons (Fsp3) is 0.278. The lowest BCUT2D eigenvalue weighted by molar-refractivity contribution is -0.115. The van der Waals surface area contributed by atoms with Crippen molar-refractivity contribution in [2.24, 2.45) is 0 Å². The van der Waals surface area contributed by atoms with E-state index in [1.807, 2.05) is 20.8 Å². The van der Waals surface area contributed by atoms with Gasteiger partial charge in [-0.2, -0.15) is 0 Å². The summed E-state index contributed by atoms with van der Waals surface area (Å²) >= 11 is 5.90. The Kier molecular flexibility index (Phi) is 6.63. The summed E-state index contributed by atoms with van der Waals surface area (Å²) in [5.74, 6) is 0.0897. The van der Waals surface area contributed by atoms with E-state index in [4.69, 9.17) is 16.3 Å². The van der Waals surface area contributed by atoms with Crippen molar-refractivity contribution in [3.63, 3.8) is 0 Å². The Balaban J connectivity index is 1.98. The summed E-state index contributed by atoms with van der Waals surface area (Å²) in [4.78, 5) is 12.1. The van der Waals surface area contributed by atoms with Gasteiger partial charge in [-0.05, 0) is 62.7 Å². The van der Waals surface area contributed by atoms with Crippen LogP contribution in [0.2, 0.25) is 5.02 Å². The van der Waals surface area contributed by atoms with Gasteiger partial charge in [-0.3, -0.25) is 4.79 Å². The highest BCUT2D eigenvalue weighted by molar-refractivity contribution is 7.89. The van der Waals surface area contributed by atoms with Crippen LogP contribution in [0.5, 0.6) is 5.75 Å². The normalized spacial score (nSPS) is 11.4. The number of hydrogen-bond donors (Lipinski definition) is 2. The molecule has 2 N–H and O–H groups in total. The summed E-state index contributed by atoms with van der Waals surface area (Å²) in [5, 5.41) is 3.12. The van der Waals surface area contributed by atoms with Crippen LogP contribution in [0.25, 0.3) is 0 Å². The molecule has 0 unspecified atom stereocenters. The van der Waals surface area contributed by atoms with Crippen LogP contribution in [0, 0.1) is 6.92 Å². The number of carbonyl (C=O) groups is 1. The lowest BCUT2D eigenvalue weighted by Gasteiger charge is -2.11. The molecule has 0 aromatic heterocycles. The Morgan fingerprint density at radius 2 is 1.81 bits per heavy atom. The van der Waals surface area contributed by atoms with Crippen LogP contribution in [0.1, 0.15) is 19.4 Å². The molecule has 26 heavy (non-hydrogen) atoms. The number of carbonyl (C=O) groups excluding carboxylic acids is 1. The molecule has 6 nitrogen and oxygen atoms in total. The molecule has 0 fully saturated rings. The number of nitrogens with one attached hydrogen (secondary N) is 2. The Labute approximate surface area is 158 Å². The largest absolute Gasteiger partial charge is 0.491 e. The van der Waals surface area contributed by atoms with E-state index in [-0.39, 0.29) is 11.0 Å². The zero-order valence-electron chi connectivity index (χ0n) is 14.7. The van der Waals surface area contributed by atoms with Crippen LogP contribution in [0.3, 0.4) is 0 Å². The number of aryl methyl sites for hydroxylation is 1. The smallest absolute Gasteiger partial charge is 0.241 e. The average molecular weight is 397 g/mol. The molecule has 8 heteroatoms. The number of halogens is 1. The van der Waals surface area contributed by atoms with Gasteiger partial charge in [0, 0.05) is 10.7 Å². The SMILES string of the molecule is Cc1ccc(Cl)cc1NC(=O)CNS(=O)(=O)c1ccc(OC(C)C)cc1. The van der Waals surface area contributed by atoms with Crippen molar-refractivity contribution in [3.8, 4) is 5.75 Å². The van der Waals surface area contributed by atoms with E-state index in [2.05, 4.69) is 10.0 Å². The second-order valence-electron chi connectivity index (χ2n) is 5.97. The van der Waals surface area contributed by atoms with Gasteiger partial charge >= 0.3 is 0 Å². The molecular weight excluding hydrogens is 376 g/mol. The van der Waals surface area contributed by atoms with Crippen molar-refractivity contribution in [1.82, 2.24) is 4.72 Å². The zero-order valence-corrected chi connectivity index (χ0v) is 16.3. The Morgan fingerprint density at radius 1 is 1.15 bits per heavy atom. The van der Waals surface area contributed by atoms with Gasteiger partial charge in [0.1, 0.15) is 5.75 Å². The highest BCUT2D eigenvalue weighted by Crippen LogP contribution is 2.20. The van der Waals surface area contributed by atoms with Crippen molar-refractivity contribution in [2.45, 2.75) is 31.8 Å². The van der Waals surface area contributed by atoms with Gasteiger partial charge in [0.25, 0.3) is 0 Å². The summed E-state index contributed by atoms with van der Waals surface area (Å²) in [6.07, 6.45) is -0.00535. The summed E-state index contributed by atoms with van der Waals surface area (Å²) < 4.78 is 32.3. The molecule has 0 spiro atoms. The summed E-state index contributed by atoms with van der Waals surface area (Å²) in [6.45, 7) is 5.19. The second-order valence-corrected chi connectivity index (χ2v) is 8.17. The predicted octanol–water partition coefficient (Wildman–Crippen LogP) is 3.35. The summed E-state index contributed by atoms with van der Waals surface area (Å²) in [7, 11) is -3.80. The number of anilines is 1. The number of benzene rings is 2. The summed E-state index contributed by atoms with van der Waals surface area (Å²) in [5.41, 5.74) is 1.36. The molecule has 2 aromatic carbocycles. The maximum Gasteiger partial charge on any atom is 0.241 e. The molecular formula is C18H21ClN2O4S. The van der Waals surface area contributed by atoms with Gasteiger partial charge in [-0.1, -0.05) is 17.7 Å². The van der Waals surface area contributed by atoms with E-state index in [0.717, 1.165) is 5.56 Å². The molecule has 0 aliphatic rings. The van der Waals surface area contributed by atoms with Crippen LogP contribution in [0.15, 0.2) is 47.4 Å². The summed E-state index contributed by atoms with van der Waals surface area (Å²) in [6, 6.07) is 11.1. The molecule has 2 rings (SSSR count). The van der Waals surface area contributed by atoms with E-state index in [1.165, 1.54) is 12.1 Å². The van der Waals surface area contributed by atoms with Gasteiger partial charge in [-0.15, -0.1) is 0 Å². The lowest BCUT2D eigenvalue weighted by atomic mass is 10.2. The molecule has 0 saturated carbocycles. The number of amides is 1. The van der Waals surface area contributed by atoms with E-state index in [1.54, 1.807) is 30.3 Å². The third kappa shape index (κ3) is 5.72. The third-order valence-electron chi connectivity index (χ3n) is 3.40. The minimum absolute atomic E-state index is 0.00535. The molecule has 0 atom stereocenters. The molecule has 0 radical (unpaired) electrons. The van der Waals surface area contributed by atoms with Gasteiger partial charge in [-0.25, -0.2) is 13.1 Å². The number of hydrogen-bond acceptors (Lipinski definition) is 4. The quantitative estimate of drug-likeness (QED) is 0.751. The minimum atomic E-state index is -3.80. The first-order valence-corrected chi connectivity index (χ1v) is 9.86. The predicted molar refractivity (Wildman–Crippen MR) is 102 cm³/mol. The first-order chi connectivity index (χ1) is 12.2. The first kappa shape index (κ1) is 20.2. The third-order valence-corrected chi connectivity index (χ3v) is 5.05. The number of sulfonamides is 1. The highest BCUT2D eigenvalue weighted by Gasteiger charge is 2.16. The van der Waals surface area contributed by atoms with Crippen LogP contribution in [0.4, 0.5) is 5.69 Å². The second kappa shape index (κ2) is 8.53. The maximum atomic E-state index is 12.3. The molecule has 0 aliphatic heterocycles. The van der Waals surface area contributed by atoms with Crippen molar-refractivity contribution < 1.29 is 17.9 Å². The monoisotopic (exact) mass is 396 g/mol. The Bertz CT molecular complexity index is 881. The lowest BCUT2D eigenvalue weighted by Crippen LogP contribution is -2.33. The van der Waals surface area contributed by atoms with Crippen molar-refractivity contribution >= 4 is 33.2 Å². The van der Waals surface area contributed by atoms with Gasteiger partial charge in [0.2, 0.25) is 15.9 Å². The fourth-order valence-electron chi connectivity index (χ4n) is 2.14. The van der Waals surface area contributed by atoms with Crippen LogP contribution < -0.4 is 14.8 Å². The van der Waals surface area contributed by atoms with E-state index < -0.39 is 22.5 Å². The molecule has 0 saturated heterocycles. The Hall–Kier alpha value is -2.09. The molecule has 0 aliphatic carbocycles. The number of rotatable bonds is 7. The van der Waals surface area contributed by atoms with E-state index in [0.29, 0.717) is 16.5 Å². The van der Waals surface area contributed by atoms with Gasteiger partial charge in [0.15, 0.2) is 0 Å². The molecule has 2 aromatic rings. The zero-order chi connectivity index (χ0) is 19.3. The molecule has 0 heterocycles. The average Bonchev–Trinajstić information content (AvgIpc) is 2.56. The first-order valence-electron chi connectivity index (χ1n) is 8.00.